The van der Waals surface area contributed by atoms with Crippen molar-refractivity contribution in [2.45, 2.75) is 32.1 Å². The van der Waals surface area contributed by atoms with E-state index in [1.165, 1.54) is 16.0 Å². The molecule has 1 aliphatic rings. The smallest absolute Gasteiger partial charge is 0.303 e. The highest BCUT2D eigenvalue weighted by molar-refractivity contribution is 7.10. The van der Waals surface area contributed by atoms with Crippen molar-refractivity contribution < 1.29 is 9.90 Å². The summed E-state index contributed by atoms with van der Waals surface area (Å²) in [6.45, 7) is 2.08. The molecule has 13 heavy (non-hydrogen) atoms. The summed E-state index contributed by atoms with van der Waals surface area (Å²) in [4.78, 5) is 12.0. The summed E-state index contributed by atoms with van der Waals surface area (Å²) in [5.74, 6) is -0.401. The molecule has 0 spiro atoms. The van der Waals surface area contributed by atoms with Crippen LogP contribution in [0.2, 0.25) is 0 Å². The highest BCUT2D eigenvalue weighted by atomic mass is 32.1. The first kappa shape index (κ1) is 8.75. The van der Waals surface area contributed by atoms with E-state index in [0.717, 1.165) is 12.8 Å². The van der Waals surface area contributed by atoms with Gasteiger partial charge in [0.25, 0.3) is 0 Å². The van der Waals surface area contributed by atoms with Gasteiger partial charge in [-0.05, 0) is 42.2 Å². The van der Waals surface area contributed by atoms with Crippen LogP contribution in [0.4, 0.5) is 0 Å². The van der Waals surface area contributed by atoms with Gasteiger partial charge < -0.3 is 5.11 Å². The minimum Gasteiger partial charge on any atom is -0.481 e. The van der Waals surface area contributed by atoms with Gasteiger partial charge in [0.1, 0.15) is 0 Å². The third-order valence-corrected chi connectivity index (χ3v) is 3.83. The average Bonchev–Trinajstić information content (AvgIpc) is 2.56. The number of hydrogen-bond donors (Lipinski definition) is 1. The fourth-order valence-corrected chi connectivity index (χ4v) is 3.25. The molecular weight excluding hydrogens is 184 g/mol. The van der Waals surface area contributed by atoms with Crippen molar-refractivity contribution in [2.24, 2.45) is 0 Å². The van der Waals surface area contributed by atoms with Crippen LogP contribution in [0.15, 0.2) is 5.38 Å². The number of carboxylic acids is 1. The molecule has 0 aromatic carbocycles. The SMILES string of the molecule is Cc1csc2c1C(CC(=O)O)CC2. The van der Waals surface area contributed by atoms with Gasteiger partial charge in [-0.15, -0.1) is 11.3 Å². The summed E-state index contributed by atoms with van der Waals surface area (Å²) >= 11 is 1.78. The predicted octanol–water partition coefficient (Wildman–Crippen LogP) is 2.56. The second-order valence-electron chi connectivity index (χ2n) is 3.59. The van der Waals surface area contributed by atoms with Gasteiger partial charge in [0.15, 0.2) is 0 Å². The minimum absolute atomic E-state index is 0.277. The maximum atomic E-state index is 10.6. The molecule has 1 unspecified atom stereocenters. The lowest BCUT2D eigenvalue weighted by atomic mass is 9.97. The van der Waals surface area contributed by atoms with Crippen LogP contribution in [-0.2, 0) is 11.2 Å². The number of rotatable bonds is 2. The number of fused-ring (bicyclic) bond motifs is 1. The quantitative estimate of drug-likeness (QED) is 0.789. The molecule has 0 fully saturated rings. The molecule has 3 heteroatoms. The third-order valence-electron chi connectivity index (χ3n) is 2.65. The Morgan fingerprint density at radius 3 is 3.23 bits per heavy atom. The van der Waals surface area contributed by atoms with E-state index in [1.54, 1.807) is 11.3 Å². The van der Waals surface area contributed by atoms with Gasteiger partial charge in [0.05, 0.1) is 6.42 Å². The number of thiophene rings is 1. The molecule has 2 nitrogen and oxygen atoms in total. The van der Waals surface area contributed by atoms with Gasteiger partial charge in [-0.1, -0.05) is 0 Å². The Morgan fingerprint density at radius 2 is 2.54 bits per heavy atom. The van der Waals surface area contributed by atoms with Crippen LogP contribution < -0.4 is 0 Å². The average molecular weight is 196 g/mol. The van der Waals surface area contributed by atoms with Gasteiger partial charge in [0, 0.05) is 4.88 Å². The number of aliphatic carboxylic acids is 1. The van der Waals surface area contributed by atoms with E-state index < -0.39 is 5.97 Å². The van der Waals surface area contributed by atoms with E-state index in [1.807, 2.05) is 0 Å². The lowest BCUT2D eigenvalue weighted by Crippen LogP contribution is -2.03. The lowest BCUT2D eigenvalue weighted by Gasteiger charge is -2.07. The predicted molar refractivity (Wildman–Crippen MR) is 52.4 cm³/mol. The Balaban J connectivity index is 2.26. The van der Waals surface area contributed by atoms with Crippen molar-refractivity contribution in [1.29, 1.82) is 0 Å². The number of hydrogen-bond acceptors (Lipinski definition) is 2. The van der Waals surface area contributed by atoms with E-state index in [0.29, 0.717) is 6.42 Å². The first-order valence-corrected chi connectivity index (χ1v) is 5.35. The van der Waals surface area contributed by atoms with Crippen molar-refractivity contribution in [3.8, 4) is 0 Å². The van der Waals surface area contributed by atoms with E-state index in [4.69, 9.17) is 5.11 Å². The number of aryl methyl sites for hydroxylation is 2. The first-order chi connectivity index (χ1) is 6.18. The van der Waals surface area contributed by atoms with E-state index in [2.05, 4.69) is 12.3 Å². The van der Waals surface area contributed by atoms with Gasteiger partial charge in [-0.2, -0.15) is 0 Å². The zero-order chi connectivity index (χ0) is 9.42. The topological polar surface area (TPSA) is 37.3 Å². The molecular formula is C10H12O2S. The molecule has 1 heterocycles. The summed E-state index contributed by atoms with van der Waals surface area (Å²) in [5, 5.41) is 10.9. The summed E-state index contributed by atoms with van der Waals surface area (Å²) < 4.78 is 0. The zero-order valence-corrected chi connectivity index (χ0v) is 8.36. The Morgan fingerprint density at radius 1 is 1.77 bits per heavy atom. The Hall–Kier alpha value is -0.830. The van der Waals surface area contributed by atoms with Crippen molar-refractivity contribution in [1.82, 2.24) is 0 Å². The van der Waals surface area contributed by atoms with Crippen molar-refractivity contribution in [2.75, 3.05) is 0 Å². The molecule has 70 valence electrons. The minimum atomic E-state index is -0.677. The summed E-state index contributed by atoms with van der Waals surface area (Å²) in [7, 11) is 0. The van der Waals surface area contributed by atoms with Gasteiger partial charge >= 0.3 is 5.97 Å². The number of carboxylic acid groups (broad SMARTS) is 1. The van der Waals surface area contributed by atoms with Gasteiger partial charge in [-0.25, -0.2) is 0 Å². The third kappa shape index (κ3) is 1.48. The molecule has 0 saturated carbocycles. The lowest BCUT2D eigenvalue weighted by molar-refractivity contribution is -0.137. The van der Waals surface area contributed by atoms with Crippen LogP contribution in [0.3, 0.4) is 0 Å². The molecule has 1 N–H and O–H groups in total. The second kappa shape index (κ2) is 3.14. The fraction of sp³-hybridized carbons (Fsp3) is 0.500. The van der Waals surface area contributed by atoms with E-state index in [9.17, 15) is 4.79 Å². The van der Waals surface area contributed by atoms with Crippen LogP contribution in [0.5, 0.6) is 0 Å². The summed E-state index contributed by atoms with van der Waals surface area (Å²) in [5.41, 5.74) is 2.61. The van der Waals surface area contributed by atoms with Crippen LogP contribution in [0.1, 0.15) is 34.8 Å². The van der Waals surface area contributed by atoms with Crippen LogP contribution in [0, 0.1) is 6.92 Å². The molecule has 1 atom stereocenters. The monoisotopic (exact) mass is 196 g/mol. The molecule has 1 aromatic heterocycles. The standard InChI is InChI=1S/C10H12O2S/c1-6-5-13-8-3-2-7(10(6)8)4-9(11)12/h5,7H,2-4H2,1H3,(H,11,12). The van der Waals surface area contributed by atoms with Gasteiger partial charge in [-0.3, -0.25) is 4.79 Å². The highest BCUT2D eigenvalue weighted by Crippen LogP contribution is 2.40. The van der Waals surface area contributed by atoms with Crippen molar-refractivity contribution in [3.63, 3.8) is 0 Å². The fourth-order valence-electron chi connectivity index (χ4n) is 2.11. The second-order valence-corrected chi connectivity index (χ2v) is 4.55. The van der Waals surface area contributed by atoms with Crippen LogP contribution >= 0.6 is 11.3 Å². The molecule has 0 saturated heterocycles. The van der Waals surface area contributed by atoms with E-state index in [-0.39, 0.29) is 5.92 Å². The van der Waals surface area contributed by atoms with Crippen molar-refractivity contribution in [3.05, 3.63) is 21.4 Å². The number of carbonyl (C=O) groups is 1. The molecule has 0 bridgehead atoms. The largest absolute Gasteiger partial charge is 0.481 e. The Bertz CT molecular complexity index is 341. The van der Waals surface area contributed by atoms with Gasteiger partial charge in [0.2, 0.25) is 0 Å². The highest BCUT2D eigenvalue weighted by Gasteiger charge is 2.27. The van der Waals surface area contributed by atoms with Crippen LogP contribution in [-0.4, -0.2) is 11.1 Å². The van der Waals surface area contributed by atoms with E-state index >= 15 is 0 Å². The molecule has 0 aliphatic heterocycles. The maximum absolute atomic E-state index is 10.6. The van der Waals surface area contributed by atoms with Crippen LogP contribution in [0.25, 0.3) is 0 Å². The first-order valence-electron chi connectivity index (χ1n) is 4.47. The summed E-state index contributed by atoms with van der Waals surface area (Å²) in [6.07, 6.45) is 2.39. The summed E-state index contributed by atoms with van der Waals surface area (Å²) in [6, 6.07) is 0. The zero-order valence-electron chi connectivity index (χ0n) is 7.54. The Labute approximate surface area is 81.2 Å². The molecule has 1 aliphatic carbocycles. The molecule has 0 radical (unpaired) electrons. The molecule has 0 amide bonds. The molecule has 1 aromatic rings. The Kier molecular flexibility index (Phi) is 2.12. The normalized spacial score (nSPS) is 20.2. The van der Waals surface area contributed by atoms with Crippen molar-refractivity contribution >= 4 is 17.3 Å². The maximum Gasteiger partial charge on any atom is 0.303 e. The molecule has 2 rings (SSSR count).